The Morgan fingerprint density at radius 2 is 1.92 bits per heavy atom. The number of halogens is 2. The van der Waals surface area contributed by atoms with Gasteiger partial charge >= 0.3 is 0 Å². The highest BCUT2D eigenvalue weighted by molar-refractivity contribution is 7.09. The molecule has 0 spiro atoms. The lowest BCUT2D eigenvalue weighted by atomic mass is 10.2. The molecule has 2 heterocycles. The summed E-state index contributed by atoms with van der Waals surface area (Å²) in [6.07, 6.45) is 1.67. The van der Waals surface area contributed by atoms with Crippen molar-refractivity contribution in [2.45, 2.75) is 6.92 Å². The van der Waals surface area contributed by atoms with Crippen LogP contribution in [-0.4, -0.2) is 30.0 Å². The van der Waals surface area contributed by atoms with Gasteiger partial charge in [0.25, 0.3) is 5.91 Å². The first-order valence-electron chi connectivity index (χ1n) is 7.44. The maximum atomic E-state index is 14.0. The summed E-state index contributed by atoms with van der Waals surface area (Å²) in [6, 6.07) is 3.82. The number of aromatic nitrogens is 2. The molecule has 25 heavy (non-hydrogen) atoms. The van der Waals surface area contributed by atoms with Gasteiger partial charge in [0.05, 0.1) is 10.7 Å². The molecule has 0 fully saturated rings. The number of hydrogen-bond donors (Lipinski definition) is 2. The van der Waals surface area contributed by atoms with Crippen molar-refractivity contribution < 1.29 is 13.6 Å². The average molecular weight is 362 g/mol. The standard InChI is InChI=1S/C17H16F2N4OS/c1-9-21-15(8-25-9)10-4-14(20-7-10)17(24)22-11-5-12(18)16(23(2)3)13(19)6-11/h4-8,20H,1-3H3,(H,22,24). The molecule has 0 unspecified atom stereocenters. The van der Waals surface area contributed by atoms with Crippen LogP contribution < -0.4 is 10.2 Å². The number of H-pyrrole nitrogens is 1. The molecule has 0 aliphatic heterocycles. The smallest absolute Gasteiger partial charge is 0.272 e. The molecule has 0 atom stereocenters. The zero-order valence-corrected chi connectivity index (χ0v) is 14.7. The highest BCUT2D eigenvalue weighted by Crippen LogP contribution is 2.26. The van der Waals surface area contributed by atoms with Gasteiger partial charge in [-0.05, 0) is 25.1 Å². The fourth-order valence-corrected chi connectivity index (χ4v) is 3.05. The molecule has 2 N–H and O–H groups in total. The number of nitrogens with one attached hydrogen (secondary N) is 2. The molecule has 3 rings (SSSR count). The van der Waals surface area contributed by atoms with Crippen molar-refractivity contribution in [3.8, 4) is 11.3 Å². The van der Waals surface area contributed by atoms with Gasteiger partial charge in [0.2, 0.25) is 0 Å². The summed E-state index contributed by atoms with van der Waals surface area (Å²) in [7, 11) is 3.08. The minimum Gasteiger partial charge on any atom is -0.373 e. The lowest BCUT2D eigenvalue weighted by Gasteiger charge is -2.15. The Balaban J connectivity index is 1.80. The Bertz CT molecular complexity index is 909. The molecule has 130 valence electrons. The van der Waals surface area contributed by atoms with Gasteiger partial charge in [-0.25, -0.2) is 13.8 Å². The molecule has 1 aromatic carbocycles. The maximum absolute atomic E-state index is 14.0. The summed E-state index contributed by atoms with van der Waals surface area (Å²) in [5.74, 6) is -1.98. The minimum absolute atomic E-state index is 0.0475. The van der Waals surface area contributed by atoms with E-state index in [1.165, 1.54) is 16.2 Å². The van der Waals surface area contributed by atoms with E-state index in [4.69, 9.17) is 0 Å². The molecule has 1 amide bonds. The zero-order valence-electron chi connectivity index (χ0n) is 13.9. The molecular formula is C17H16F2N4OS. The van der Waals surface area contributed by atoms with E-state index in [9.17, 15) is 13.6 Å². The molecule has 3 aromatic rings. The first-order valence-corrected chi connectivity index (χ1v) is 8.31. The van der Waals surface area contributed by atoms with Crippen LogP contribution in [0.5, 0.6) is 0 Å². The number of carbonyl (C=O) groups excluding carboxylic acids is 1. The molecule has 0 aliphatic rings. The van der Waals surface area contributed by atoms with Crippen molar-refractivity contribution in [3.05, 3.63) is 52.1 Å². The second-order valence-corrected chi connectivity index (χ2v) is 6.75. The van der Waals surface area contributed by atoms with Crippen LogP contribution in [0.1, 0.15) is 15.5 Å². The summed E-state index contributed by atoms with van der Waals surface area (Å²) in [5.41, 5.74) is 1.71. The van der Waals surface area contributed by atoms with Crippen LogP contribution in [0.2, 0.25) is 0 Å². The van der Waals surface area contributed by atoms with E-state index in [0.717, 1.165) is 28.4 Å². The molecule has 0 aliphatic carbocycles. The van der Waals surface area contributed by atoms with E-state index in [0.29, 0.717) is 0 Å². The van der Waals surface area contributed by atoms with Crippen LogP contribution in [0, 0.1) is 18.6 Å². The van der Waals surface area contributed by atoms with E-state index in [2.05, 4.69) is 15.3 Å². The molecular weight excluding hydrogens is 346 g/mol. The Hall–Kier alpha value is -2.74. The minimum atomic E-state index is -0.745. The number of benzene rings is 1. The molecule has 5 nitrogen and oxygen atoms in total. The summed E-state index contributed by atoms with van der Waals surface area (Å²) in [5, 5.41) is 5.31. The highest BCUT2D eigenvalue weighted by Gasteiger charge is 2.16. The van der Waals surface area contributed by atoms with Gasteiger partial charge in [0, 0.05) is 36.9 Å². The van der Waals surface area contributed by atoms with Crippen LogP contribution in [0.3, 0.4) is 0 Å². The summed E-state index contributed by atoms with van der Waals surface area (Å²) in [4.78, 5) is 20.8. The molecule has 0 radical (unpaired) electrons. The Kier molecular flexibility index (Phi) is 4.54. The normalized spacial score (nSPS) is 10.8. The first-order chi connectivity index (χ1) is 11.8. The van der Waals surface area contributed by atoms with Crippen LogP contribution in [0.4, 0.5) is 20.2 Å². The highest BCUT2D eigenvalue weighted by atomic mass is 32.1. The lowest BCUT2D eigenvalue weighted by Crippen LogP contribution is -2.15. The van der Waals surface area contributed by atoms with E-state index >= 15 is 0 Å². The number of hydrogen-bond acceptors (Lipinski definition) is 4. The van der Waals surface area contributed by atoms with E-state index in [-0.39, 0.29) is 17.1 Å². The van der Waals surface area contributed by atoms with E-state index in [1.807, 2.05) is 12.3 Å². The van der Waals surface area contributed by atoms with Crippen molar-refractivity contribution in [1.29, 1.82) is 0 Å². The maximum Gasteiger partial charge on any atom is 0.272 e. The molecule has 0 bridgehead atoms. The summed E-state index contributed by atoms with van der Waals surface area (Å²) < 4.78 is 28.0. The monoisotopic (exact) mass is 362 g/mol. The fraction of sp³-hybridized carbons (Fsp3) is 0.176. The number of aryl methyl sites for hydroxylation is 1. The predicted octanol–water partition coefficient (Wildman–Crippen LogP) is 4.04. The second kappa shape index (κ2) is 6.64. The zero-order chi connectivity index (χ0) is 18.1. The van der Waals surface area contributed by atoms with Gasteiger partial charge in [-0.3, -0.25) is 4.79 Å². The van der Waals surface area contributed by atoms with Crippen LogP contribution in [0.15, 0.2) is 29.8 Å². The summed E-state index contributed by atoms with van der Waals surface area (Å²) >= 11 is 1.51. The predicted molar refractivity (Wildman–Crippen MR) is 95.3 cm³/mol. The number of carbonyl (C=O) groups is 1. The Morgan fingerprint density at radius 3 is 2.48 bits per heavy atom. The second-order valence-electron chi connectivity index (χ2n) is 5.69. The van der Waals surface area contributed by atoms with Crippen molar-refractivity contribution in [2.24, 2.45) is 0 Å². The number of rotatable bonds is 4. The van der Waals surface area contributed by atoms with Crippen LogP contribution in [-0.2, 0) is 0 Å². The van der Waals surface area contributed by atoms with Crippen molar-refractivity contribution in [3.63, 3.8) is 0 Å². The number of nitrogens with zero attached hydrogens (tertiary/aromatic N) is 2. The summed E-state index contributed by atoms with van der Waals surface area (Å²) in [6.45, 7) is 1.90. The van der Waals surface area contributed by atoms with Gasteiger partial charge in [-0.2, -0.15) is 0 Å². The third-order valence-corrected chi connectivity index (χ3v) is 4.34. The molecule has 2 aromatic heterocycles. The quantitative estimate of drug-likeness (QED) is 0.736. The van der Waals surface area contributed by atoms with Gasteiger partial charge in [0.15, 0.2) is 11.6 Å². The van der Waals surface area contributed by atoms with Crippen molar-refractivity contribution in [1.82, 2.24) is 9.97 Å². The van der Waals surface area contributed by atoms with Gasteiger partial charge in [-0.1, -0.05) is 0 Å². The number of amides is 1. The number of aromatic amines is 1. The van der Waals surface area contributed by atoms with Crippen LogP contribution in [0.25, 0.3) is 11.3 Å². The van der Waals surface area contributed by atoms with Gasteiger partial charge in [-0.15, -0.1) is 11.3 Å². The third kappa shape index (κ3) is 3.53. The molecule has 0 saturated heterocycles. The largest absolute Gasteiger partial charge is 0.373 e. The fourth-order valence-electron chi connectivity index (χ4n) is 2.43. The van der Waals surface area contributed by atoms with Gasteiger partial charge < -0.3 is 15.2 Å². The number of anilines is 2. The Morgan fingerprint density at radius 1 is 1.24 bits per heavy atom. The third-order valence-electron chi connectivity index (χ3n) is 3.56. The number of thiazole rings is 1. The van der Waals surface area contributed by atoms with Crippen molar-refractivity contribution >= 4 is 28.6 Å². The van der Waals surface area contributed by atoms with Gasteiger partial charge in [0.1, 0.15) is 11.4 Å². The van der Waals surface area contributed by atoms with Crippen molar-refractivity contribution in [2.75, 3.05) is 24.3 Å². The topological polar surface area (TPSA) is 61.0 Å². The average Bonchev–Trinajstić information content (AvgIpc) is 3.14. The lowest BCUT2D eigenvalue weighted by molar-refractivity contribution is 0.102. The Labute approximate surface area is 147 Å². The first kappa shape index (κ1) is 17.1. The molecule has 0 saturated carbocycles. The van der Waals surface area contributed by atoms with Crippen LogP contribution >= 0.6 is 11.3 Å². The van der Waals surface area contributed by atoms with E-state index < -0.39 is 17.5 Å². The molecule has 8 heteroatoms. The SMILES string of the molecule is Cc1nc(-c2c[nH]c(C(=O)Nc3cc(F)c(N(C)C)c(F)c3)c2)cs1. The van der Waals surface area contributed by atoms with E-state index in [1.54, 1.807) is 26.4 Å².